The van der Waals surface area contributed by atoms with Crippen molar-refractivity contribution in [3.05, 3.63) is 30.3 Å². The third-order valence-electron chi connectivity index (χ3n) is 4.17. The summed E-state index contributed by atoms with van der Waals surface area (Å²) in [6.45, 7) is 3.17. The standard InChI is InChI=1S/C16H22NO2/c1-18-15-7-6-12(13-8-9-17-11-13)10-16(15)19-14-4-2-3-5-14/h6-7,9-10,13-14,17H,2-5,8,11H2,1H3. The smallest absolute Gasteiger partial charge is 0.161 e. The van der Waals surface area contributed by atoms with Crippen LogP contribution >= 0.6 is 0 Å². The Labute approximate surface area is 115 Å². The number of hydrogen-bond donors (Lipinski definition) is 1. The maximum Gasteiger partial charge on any atom is 0.161 e. The summed E-state index contributed by atoms with van der Waals surface area (Å²) in [7, 11) is 1.71. The molecule has 3 heteroatoms. The highest BCUT2D eigenvalue weighted by Gasteiger charge is 2.21. The fourth-order valence-corrected chi connectivity index (χ4v) is 3.01. The van der Waals surface area contributed by atoms with Gasteiger partial charge in [-0.15, -0.1) is 0 Å². The van der Waals surface area contributed by atoms with E-state index in [2.05, 4.69) is 24.0 Å². The van der Waals surface area contributed by atoms with Crippen molar-refractivity contribution in [3.63, 3.8) is 0 Å². The normalized spacial score (nSPS) is 23.7. The van der Waals surface area contributed by atoms with Crippen LogP contribution in [0.4, 0.5) is 0 Å². The molecule has 3 nitrogen and oxygen atoms in total. The zero-order valence-corrected chi connectivity index (χ0v) is 11.5. The second-order valence-electron chi connectivity index (χ2n) is 5.48. The van der Waals surface area contributed by atoms with Crippen molar-refractivity contribution in [2.24, 2.45) is 0 Å². The highest BCUT2D eigenvalue weighted by molar-refractivity contribution is 5.44. The number of benzene rings is 1. The van der Waals surface area contributed by atoms with Crippen LogP contribution in [-0.2, 0) is 0 Å². The summed E-state index contributed by atoms with van der Waals surface area (Å²) in [4.78, 5) is 0. The molecule has 1 atom stereocenters. The second kappa shape index (κ2) is 5.83. The molecule has 1 N–H and O–H groups in total. The van der Waals surface area contributed by atoms with Crippen molar-refractivity contribution in [2.45, 2.75) is 44.1 Å². The first-order chi connectivity index (χ1) is 9.36. The number of ether oxygens (including phenoxy) is 2. The van der Waals surface area contributed by atoms with E-state index < -0.39 is 0 Å². The van der Waals surface area contributed by atoms with Crippen molar-refractivity contribution >= 4 is 0 Å². The molecule has 19 heavy (non-hydrogen) atoms. The lowest BCUT2D eigenvalue weighted by atomic mass is 9.98. The molecule has 2 fully saturated rings. The summed E-state index contributed by atoms with van der Waals surface area (Å²) in [6.07, 6.45) is 6.38. The third kappa shape index (κ3) is 2.86. The SMILES string of the molecule is COc1ccc(C2C[CH]NC2)cc1OC1CCCC1. The molecule has 2 aliphatic rings. The van der Waals surface area contributed by atoms with Gasteiger partial charge in [0, 0.05) is 13.1 Å². The lowest BCUT2D eigenvalue weighted by Crippen LogP contribution is -2.12. The van der Waals surface area contributed by atoms with Gasteiger partial charge in [0.2, 0.25) is 0 Å². The third-order valence-corrected chi connectivity index (χ3v) is 4.17. The number of hydrogen-bond acceptors (Lipinski definition) is 3. The largest absolute Gasteiger partial charge is 0.493 e. The zero-order valence-electron chi connectivity index (χ0n) is 11.5. The average molecular weight is 260 g/mol. The van der Waals surface area contributed by atoms with Crippen LogP contribution in [0.2, 0.25) is 0 Å². The minimum Gasteiger partial charge on any atom is -0.493 e. The lowest BCUT2D eigenvalue weighted by Gasteiger charge is -2.18. The van der Waals surface area contributed by atoms with Gasteiger partial charge in [0.25, 0.3) is 0 Å². The van der Waals surface area contributed by atoms with Crippen molar-refractivity contribution in [1.29, 1.82) is 0 Å². The van der Waals surface area contributed by atoms with E-state index >= 15 is 0 Å². The zero-order chi connectivity index (χ0) is 13.1. The van der Waals surface area contributed by atoms with Crippen LogP contribution < -0.4 is 14.8 Å². The first-order valence-corrected chi connectivity index (χ1v) is 7.26. The van der Waals surface area contributed by atoms with E-state index in [1.54, 1.807) is 7.11 Å². The maximum atomic E-state index is 6.14. The van der Waals surface area contributed by atoms with Crippen LogP contribution in [0.15, 0.2) is 18.2 Å². The molecule has 1 saturated heterocycles. The second-order valence-corrected chi connectivity index (χ2v) is 5.48. The van der Waals surface area contributed by atoms with E-state index in [1.807, 2.05) is 6.07 Å². The minimum absolute atomic E-state index is 0.373. The van der Waals surface area contributed by atoms with E-state index in [-0.39, 0.29) is 0 Å². The van der Waals surface area contributed by atoms with Gasteiger partial charge >= 0.3 is 0 Å². The van der Waals surface area contributed by atoms with Gasteiger partial charge in [-0.2, -0.15) is 0 Å². The van der Waals surface area contributed by atoms with Crippen molar-refractivity contribution in [1.82, 2.24) is 5.32 Å². The van der Waals surface area contributed by atoms with Crippen molar-refractivity contribution < 1.29 is 9.47 Å². The quantitative estimate of drug-likeness (QED) is 0.901. The van der Waals surface area contributed by atoms with Gasteiger partial charge in [0.15, 0.2) is 11.5 Å². The summed E-state index contributed by atoms with van der Waals surface area (Å²) in [5, 5.41) is 3.29. The molecular formula is C16H22NO2. The van der Waals surface area contributed by atoms with Gasteiger partial charge in [-0.3, -0.25) is 0 Å². The molecule has 1 radical (unpaired) electrons. The summed E-state index contributed by atoms with van der Waals surface area (Å²) in [6, 6.07) is 6.37. The fourth-order valence-electron chi connectivity index (χ4n) is 3.01. The predicted molar refractivity (Wildman–Crippen MR) is 75.5 cm³/mol. The summed E-state index contributed by atoms with van der Waals surface area (Å²) in [5.74, 6) is 2.33. The molecule has 0 aromatic heterocycles. The first kappa shape index (κ1) is 12.8. The highest BCUT2D eigenvalue weighted by Crippen LogP contribution is 2.35. The molecule has 3 rings (SSSR count). The van der Waals surface area contributed by atoms with E-state index in [9.17, 15) is 0 Å². The van der Waals surface area contributed by atoms with Crippen LogP contribution in [-0.4, -0.2) is 19.8 Å². The summed E-state index contributed by atoms with van der Waals surface area (Å²) in [5.41, 5.74) is 1.34. The topological polar surface area (TPSA) is 30.5 Å². The van der Waals surface area contributed by atoms with Gasteiger partial charge in [0.1, 0.15) is 0 Å². The van der Waals surface area contributed by atoms with Gasteiger partial charge in [0.05, 0.1) is 13.2 Å². The number of nitrogens with one attached hydrogen (secondary N) is 1. The van der Waals surface area contributed by atoms with E-state index in [1.165, 1.54) is 31.2 Å². The molecular weight excluding hydrogens is 238 g/mol. The Morgan fingerprint density at radius 2 is 2.00 bits per heavy atom. The van der Waals surface area contributed by atoms with E-state index in [4.69, 9.17) is 9.47 Å². The van der Waals surface area contributed by atoms with E-state index in [0.717, 1.165) is 24.5 Å². The molecule has 1 unspecified atom stereocenters. The fraction of sp³-hybridized carbons (Fsp3) is 0.562. The first-order valence-electron chi connectivity index (χ1n) is 7.26. The van der Waals surface area contributed by atoms with Gasteiger partial charge in [-0.05, 0) is 55.7 Å². The molecule has 1 heterocycles. The number of rotatable bonds is 4. The molecule has 0 spiro atoms. The molecule has 1 aliphatic heterocycles. The van der Waals surface area contributed by atoms with Gasteiger partial charge in [-0.25, -0.2) is 0 Å². The predicted octanol–water partition coefficient (Wildman–Crippen LogP) is 3.26. The Kier molecular flexibility index (Phi) is 3.92. The Morgan fingerprint density at radius 1 is 1.16 bits per heavy atom. The van der Waals surface area contributed by atoms with Crippen LogP contribution in [0.5, 0.6) is 11.5 Å². The van der Waals surface area contributed by atoms with Gasteiger partial charge < -0.3 is 14.8 Å². The molecule has 1 aromatic carbocycles. The Hall–Kier alpha value is -1.22. The monoisotopic (exact) mass is 260 g/mol. The van der Waals surface area contributed by atoms with Crippen molar-refractivity contribution in [2.75, 3.05) is 13.7 Å². The van der Waals surface area contributed by atoms with Crippen LogP contribution in [0.1, 0.15) is 43.6 Å². The Bertz CT molecular complexity index is 421. The average Bonchev–Trinajstić information content (AvgIpc) is 3.11. The van der Waals surface area contributed by atoms with Crippen LogP contribution in [0, 0.1) is 6.54 Å². The lowest BCUT2D eigenvalue weighted by molar-refractivity contribution is 0.200. The number of methoxy groups -OCH3 is 1. The van der Waals surface area contributed by atoms with Crippen molar-refractivity contribution in [3.8, 4) is 11.5 Å². The Morgan fingerprint density at radius 3 is 2.68 bits per heavy atom. The van der Waals surface area contributed by atoms with Gasteiger partial charge in [-0.1, -0.05) is 6.07 Å². The molecule has 103 valence electrons. The molecule has 0 amide bonds. The Balaban J connectivity index is 1.79. The van der Waals surface area contributed by atoms with Crippen LogP contribution in [0.25, 0.3) is 0 Å². The molecule has 1 aliphatic carbocycles. The van der Waals surface area contributed by atoms with Crippen LogP contribution in [0.3, 0.4) is 0 Å². The molecule has 0 bridgehead atoms. The molecule has 1 aromatic rings. The maximum absolute atomic E-state index is 6.14. The van der Waals surface area contributed by atoms with E-state index in [0.29, 0.717) is 12.0 Å². The summed E-state index contributed by atoms with van der Waals surface area (Å²) < 4.78 is 11.6. The summed E-state index contributed by atoms with van der Waals surface area (Å²) >= 11 is 0. The minimum atomic E-state index is 0.373. The highest BCUT2D eigenvalue weighted by atomic mass is 16.5. The molecule has 1 saturated carbocycles.